The molecule has 0 saturated heterocycles. The Hall–Kier alpha value is -3.81. The van der Waals surface area contributed by atoms with Gasteiger partial charge in [-0.25, -0.2) is 19.2 Å². The van der Waals surface area contributed by atoms with Gasteiger partial charge in [-0.1, -0.05) is 30.3 Å². The molecule has 142 valence electrons. The van der Waals surface area contributed by atoms with Crippen LogP contribution in [0.25, 0.3) is 0 Å². The summed E-state index contributed by atoms with van der Waals surface area (Å²) < 4.78 is 23.2. The maximum Gasteiger partial charge on any atom is 0.351 e. The van der Waals surface area contributed by atoms with Crippen molar-refractivity contribution in [3.63, 3.8) is 0 Å². The molecule has 0 spiro atoms. The minimum absolute atomic E-state index is 0.0856. The summed E-state index contributed by atoms with van der Waals surface area (Å²) in [5, 5.41) is 2.60. The highest BCUT2D eigenvalue weighted by atomic mass is 19.1. The zero-order valence-corrected chi connectivity index (χ0v) is 14.8. The second kappa shape index (κ2) is 8.72. The number of ether oxygens (including phenoxy) is 2. The fourth-order valence-corrected chi connectivity index (χ4v) is 2.32. The lowest BCUT2D eigenvalue weighted by molar-refractivity contribution is -0.149. The number of rotatable bonds is 6. The molecule has 1 aromatic heterocycles. The monoisotopic (exact) mass is 381 g/mol. The Bertz CT molecular complexity index is 947. The number of hydrogen-bond acceptors (Lipinski definition) is 6. The lowest BCUT2D eigenvalue weighted by atomic mass is 10.1. The van der Waals surface area contributed by atoms with Crippen LogP contribution in [-0.4, -0.2) is 29.0 Å². The van der Waals surface area contributed by atoms with Crippen molar-refractivity contribution in [2.75, 3.05) is 12.4 Å². The van der Waals surface area contributed by atoms with Gasteiger partial charge >= 0.3 is 12.0 Å². The molecule has 0 saturated carbocycles. The van der Waals surface area contributed by atoms with E-state index in [4.69, 9.17) is 9.47 Å². The lowest BCUT2D eigenvalue weighted by Crippen LogP contribution is -2.21. The number of carbonyl (C=O) groups excluding carboxylic acids is 2. The van der Waals surface area contributed by atoms with Gasteiger partial charge in [-0.3, -0.25) is 4.79 Å². The molecule has 0 fully saturated rings. The van der Waals surface area contributed by atoms with Gasteiger partial charge in [0.1, 0.15) is 5.82 Å². The van der Waals surface area contributed by atoms with Gasteiger partial charge in [-0.2, -0.15) is 0 Å². The van der Waals surface area contributed by atoms with Crippen LogP contribution < -0.4 is 10.1 Å². The molecule has 1 heterocycles. The van der Waals surface area contributed by atoms with E-state index in [1.54, 1.807) is 24.3 Å². The van der Waals surface area contributed by atoms with E-state index in [0.29, 0.717) is 11.3 Å². The Labute approximate surface area is 160 Å². The van der Waals surface area contributed by atoms with E-state index in [9.17, 15) is 14.0 Å². The molecule has 8 heteroatoms. The molecule has 3 rings (SSSR count). The first-order valence-corrected chi connectivity index (χ1v) is 8.25. The number of aromatic nitrogens is 2. The molecular formula is C20H16FN3O4. The van der Waals surface area contributed by atoms with Gasteiger partial charge in [-0.05, 0) is 24.3 Å². The molecule has 7 nitrogen and oxygen atoms in total. The number of anilines is 1. The zero-order chi connectivity index (χ0) is 19.9. The number of hydrogen-bond donors (Lipinski definition) is 1. The third-order valence-corrected chi connectivity index (χ3v) is 3.73. The summed E-state index contributed by atoms with van der Waals surface area (Å²) in [6.45, 7) is 0. The first-order valence-electron chi connectivity index (χ1n) is 8.25. The molecule has 0 aliphatic carbocycles. The van der Waals surface area contributed by atoms with E-state index in [2.05, 4.69) is 15.3 Å². The molecule has 1 N–H and O–H groups in total. The Morgan fingerprint density at radius 1 is 1.00 bits per heavy atom. The summed E-state index contributed by atoms with van der Waals surface area (Å²) >= 11 is 0. The zero-order valence-electron chi connectivity index (χ0n) is 14.8. The number of methoxy groups -OCH3 is 1. The van der Waals surface area contributed by atoms with Crippen LogP contribution in [0.3, 0.4) is 0 Å². The summed E-state index contributed by atoms with van der Waals surface area (Å²) in [6, 6.07) is 14.0. The number of benzene rings is 2. The van der Waals surface area contributed by atoms with E-state index >= 15 is 0 Å². The average Bonchev–Trinajstić information content (AvgIpc) is 2.74. The van der Waals surface area contributed by atoms with E-state index < -0.39 is 23.8 Å². The third-order valence-electron chi connectivity index (χ3n) is 3.73. The molecule has 0 unspecified atom stereocenters. The number of amides is 1. The number of halogens is 1. The van der Waals surface area contributed by atoms with Gasteiger partial charge in [0, 0.05) is 23.6 Å². The maximum atomic E-state index is 12.9. The fraction of sp³-hybridized carbons (Fsp3) is 0.100. The first kappa shape index (κ1) is 19.0. The molecule has 28 heavy (non-hydrogen) atoms. The number of nitrogens with one attached hydrogen (secondary N) is 1. The maximum absolute atomic E-state index is 12.9. The van der Waals surface area contributed by atoms with Gasteiger partial charge in [0.25, 0.3) is 5.91 Å². The molecule has 3 aromatic rings. The van der Waals surface area contributed by atoms with Crippen molar-refractivity contribution in [3.05, 3.63) is 83.9 Å². The minimum Gasteiger partial charge on any atom is -0.466 e. The SMILES string of the molecule is COC(=O)[C@@H](Oc1ncc(C(=O)Nc2ccc(F)cc2)cn1)c1ccccc1. The van der Waals surface area contributed by atoms with Gasteiger partial charge in [-0.15, -0.1) is 0 Å². The standard InChI is InChI=1S/C20H16FN3O4/c1-27-19(26)17(13-5-3-2-4-6-13)28-20-22-11-14(12-23-20)18(25)24-16-9-7-15(21)8-10-16/h2-12,17H,1H3,(H,24,25)/t17-/m0/s1. The predicted molar refractivity (Wildman–Crippen MR) is 98.2 cm³/mol. The number of nitrogens with zero attached hydrogens (tertiary/aromatic N) is 2. The third kappa shape index (κ3) is 4.67. The van der Waals surface area contributed by atoms with Gasteiger partial charge in [0.15, 0.2) is 0 Å². The molecule has 0 aliphatic heterocycles. The van der Waals surface area contributed by atoms with Crippen LogP contribution in [0.15, 0.2) is 67.0 Å². The van der Waals surface area contributed by atoms with Crippen molar-refractivity contribution >= 4 is 17.6 Å². The quantitative estimate of drug-likeness (QED) is 0.660. The van der Waals surface area contributed by atoms with Crippen LogP contribution in [-0.2, 0) is 9.53 Å². The van der Waals surface area contributed by atoms with Crippen LogP contribution in [0.4, 0.5) is 10.1 Å². The van der Waals surface area contributed by atoms with Crippen LogP contribution in [0, 0.1) is 5.82 Å². The van der Waals surface area contributed by atoms with E-state index in [1.165, 1.54) is 43.8 Å². The Morgan fingerprint density at radius 2 is 1.64 bits per heavy atom. The van der Waals surface area contributed by atoms with Gasteiger partial charge < -0.3 is 14.8 Å². The van der Waals surface area contributed by atoms with Crippen molar-refractivity contribution in [1.29, 1.82) is 0 Å². The van der Waals surface area contributed by atoms with Crippen molar-refractivity contribution in [3.8, 4) is 6.01 Å². The number of carbonyl (C=O) groups is 2. The number of esters is 1. The van der Waals surface area contributed by atoms with Crippen LogP contribution in [0.2, 0.25) is 0 Å². The summed E-state index contributed by atoms with van der Waals surface area (Å²) in [5.41, 5.74) is 1.18. The van der Waals surface area contributed by atoms with Gasteiger partial charge in [0.05, 0.1) is 12.7 Å². The van der Waals surface area contributed by atoms with Crippen molar-refractivity contribution < 1.29 is 23.5 Å². The Morgan fingerprint density at radius 3 is 2.25 bits per heavy atom. The highest BCUT2D eigenvalue weighted by Crippen LogP contribution is 2.20. The molecule has 1 atom stereocenters. The molecule has 0 radical (unpaired) electrons. The molecule has 1 amide bonds. The van der Waals surface area contributed by atoms with Crippen LogP contribution in [0.5, 0.6) is 6.01 Å². The summed E-state index contributed by atoms with van der Waals surface area (Å²) in [7, 11) is 1.26. The van der Waals surface area contributed by atoms with Crippen LogP contribution >= 0.6 is 0 Å². The normalized spacial score (nSPS) is 11.4. The fourth-order valence-electron chi connectivity index (χ4n) is 2.32. The summed E-state index contributed by atoms with van der Waals surface area (Å²) in [5.74, 6) is -1.47. The highest BCUT2D eigenvalue weighted by Gasteiger charge is 2.24. The Balaban J connectivity index is 1.71. The van der Waals surface area contributed by atoms with Gasteiger partial charge in [0.2, 0.25) is 6.10 Å². The second-order valence-electron chi connectivity index (χ2n) is 5.65. The first-order chi connectivity index (χ1) is 13.6. The molecule has 0 bridgehead atoms. The summed E-state index contributed by atoms with van der Waals surface area (Å²) in [4.78, 5) is 32.2. The highest BCUT2D eigenvalue weighted by molar-refractivity contribution is 6.03. The van der Waals surface area contributed by atoms with Crippen molar-refractivity contribution in [1.82, 2.24) is 9.97 Å². The van der Waals surface area contributed by atoms with E-state index in [-0.39, 0.29) is 11.6 Å². The summed E-state index contributed by atoms with van der Waals surface area (Å²) in [6.07, 6.45) is 1.49. The molecule has 0 aliphatic rings. The molecular weight excluding hydrogens is 365 g/mol. The second-order valence-corrected chi connectivity index (χ2v) is 5.65. The Kier molecular flexibility index (Phi) is 5.91. The lowest BCUT2D eigenvalue weighted by Gasteiger charge is -2.15. The predicted octanol–water partition coefficient (Wildman–Crippen LogP) is 3.16. The van der Waals surface area contributed by atoms with Crippen molar-refractivity contribution in [2.24, 2.45) is 0 Å². The average molecular weight is 381 g/mol. The smallest absolute Gasteiger partial charge is 0.351 e. The van der Waals surface area contributed by atoms with E-state index in [0.717, 1.165) is 0 Å². The minimum atomic E-state index is -1.04. The van der Waals surface area contributed by atoms with Crippen LogP contribution in [0.1, 0.15) is 22.0 Å². The van der Waals surface area contributed by atoms with E-state index in [1.807, 2.05) is 6.07 Å². The topological polar surface area (TPSA) is 90.4 Å². The molecule has 2 aromatic carbocycles. The van der Waals surface area contributed by atoms with Crippen molar-refractivity contribution in [2.45, 2.75) is 6.10 Å². The largest absolute Gasteiger partial charge is 0.466 e.